The summed E-state index contributed by atoms with van der Waals surface area (Å²) in [5.74, 6) is -0.529. The quantitative estimate of drug-likeness (QED) is 0.769. The van der Waals surface area contributed by atoms with Gasteiger partial charge in [0.05, 0.1) is 29.2 Å². The Morgan fingerprint density at radius 3 is 2.88 bits per heavy atom. The molecule has 2 aliphatic rings. The monoisotopic (exact) mass is 364 g/mol. The van der Waals surface area contributed by atoms with Gasteiger partial charge in [0.25, 0.3) is 0 Å². The van der Waals surface area contributed by atoms with Crippen LogP contribution in [0, 0.1) is 0 Å². The molecule has 2 aliphatic heterocycles. The van der Waals surface area contributed by atoms with Gasteiger partial charge in [0.1, 0.15) is 0 Å². The molecule has 2 atom stereocenters. The van der Waals surface area contributed by atoms with E-state index >= 15 is 0 Å². The van der Waals surface area contributed by atoms with Gasteiger partial charge >= 0.3 is 5.97 Å². The van der Waals surface area contributed by atoms with Gasteiger partial charge < -0.3 is 4.74 Å². The number of nitrogens with zero attached hydrogens (tertiary/aromatic N) is 2. The molecule has 0 unspecified atom stereocenters. The van der Waals surface area contributed by atoms with Crippen molar-refractivity contribution < 1.29 is 14.3 Å². The number of amides is 1. The maximum absolute atomic E-state index is 12.7. The lowest BCUT2D eigenvalue weighted by molar-refractivity contribution is -0.139. The molecule has 0 bridgehead atoms. The normalized spacial score (nSPS) is 23.2. The zero-order chi connectivity index (χ0) is 17.4. The zero-order valence-electron chi connectivity index (χ0n) is 13.6. The van der Waals surface area contributed by atoms with E-state index in [1.54, 1.807) is 36.9 Å². The smallest absolute Gasteiger partial charge is 0.338 e. The third-order valence-corrected chi connectivity index (χ3v) is 5.21. The van der Waals surface area contributed by atoms with E-state index in [0.717, 1.165) is 5.56 Å². The summed E-state index contributed by atoms with van der Waals surface area (Å²) in [6.45, 7) is 5.61. The highest BCUT2D eigenvalue weighted by Crippen LogP contribution is 2.43. The maximum atomic E-state index is 12.7. The van der Waals surface area contributed by atoms with Crippen LogP contribution in [0.2, 0.25) is 5.02 Å². The minimum atomic E-state index is -0.569. The van der Waals surface area contributed by atoms with Crippen LogP contribution in [0.3, 0.4) is 0 Å². The number of rotatable bonds is 3. The summed E-state index contributed by atoms with van der Waals surface area (Å²) in [7, 11) is 0. The van der Waals surface area contributed by atoms with Gasteiger partial charge in [-0.2, -0.15) is 0 Å². The summed E-state index contributed by atoms with van der Waals surface area (Å²) in [4.78, 5) is 31.2. The van der Waals surface area contributed by atoms with Crippen LogP contribution in [-0.4, -0.2) is 33.8 Å². The highest BCUT2D eigenvalue weighted by atomic mass is 35.5. The predicted molar refractivity (Wildman–Crippen MR) is 94.9 cm³/mol. The molecule has 126 valence electrons. The van der Waals surface area contributed by atoms with Crippen molar-refractivity contribution in [1.29, 1.82) is 0 Å². The van der Waals surface area contributed by atoms with Gasteiger partial charge in [-0.3, -0.25) is 9.69 Å². The van der Waals surface area contributed by atoms with Crippen LogP contribution >= 0.6 is 23.4 Å². The SMILES string of the molecule is CCOC(=O)C1=C(C)N=C2S[C@H](C)C(=O)N2[C@H]1c1cccc(Cl)c1. The van der Waals surface area contributed by atoms with E-state index in [-0.39, 0.29) is 17.8 Å². The number of esters is 1. The van der Waals surface area contributed by atoms with Crippen molar-refractivity contribution in [2.24, 2.45) is 4.99 Å². The molecule has 0 spiro atoms. The minimum absolute atomic E-state index is 0.0713. The van der Waals surface area contributed by atoms with Gasteiger partial charge in [0.2, 0.25) is 5.91 Å². The largest absolute Gasteiger partial charge is 0.463 e. The number of hydrogen-bond donors (Lipinski definition) is 0. The zero-order valence-corrected chi connectivity index (χ0v) is 15.1. The van der Waals surface area contributed by atoms with Crippen LogP contribution in [0.25, 0.3) is 0 Å². The number of benzene rings is 1. The summed E-state index contributed by atoms with van der Waals surface area (Å²) < 4.78 is 5.20. The molecule has 1 aromatic rings. The molecule has 0 N–H and O–H groups in total. The first-order valence-corrected chi connectivity index (χ1v) is 8.91. The number of ether oxygens (including phenoxy) is 1. The Morgan fingerprint density at radius 2 is 2.21 bits per heavy atom. The Labute approximate surface area is 149 Å². The number of fused-ring (bicyclic) bond motifs is 1. The second-order valence-corrected chi connectivity index (χ2v) is 7.28. The third kappa shape index (κ3) is 2.84. The van der Waals surface area contributed by atoms with Crippen molar-refractivity contribution >= 4 is 40.4 Å². The van der Waals surface area contributed by atoms with E-state index in [4.69, 9.17) is 16.3 Å². The molecule has 0 saturated carbocycles. The molecule has 3 rings (SSSR count). The van der Waals surface area contributed by atoms with E-state index < -0.39 is 12.0 Å². The molecule has 1 saturated heterocycles. The Balaban J connectivity index is 2.16. The molecule has 7 heteroatoms. The number of hydrogen-bond acceptors (Lipinski definition) is 5. The topological polar surface area (TPSA) is 59.0 Å². The minimum Gasteiger partial charge on any atom is -0.463 e. The molecule has 1 aromatic carbocycles. The van der Waals surface area contributed by atoms with Crippen molar-refractivity contribution in [3.63, 3.8) is 0 Å². The second-order valence-electron chi connectivity index (χ2n) is 5.54. The van der Waals surface area contributed by atoms with Gasteiger partial charge in [-0.25, -0.2) is 9.79 Å². The second kappa shape index (κ2) is 6.61. The number of carbonyl (C=O) groups excluding carboxylic acids is 2. The summed E-state index contributed by atoms with van der Waals surface area (Å²) in [6, 6.07) is 6.61. The average Bonchev–Trinajstić information content (AvgIpc) is 2.80. The van der Waals surface area contributed by atoms with Crippen LogP contribution in [-0.2, 0) is 14.3 Å². The molecule has 1 fully saturated rings. The molecular formula is C17H17ClN2O3S. The summed E-state index contributed by atoms with van der Waals surface area (Å²) >= 11 is 7.52. The summed E-state index contributed by atoms with van der Waals surface area (Å²) in [5, 5.41) is 0.924. The fourth-order valence-corrected chi connectivity index (χ4v) is 4.09. The van der Waals surface area contributed by atoms with E-state index in [0.29, 0.717) is 21.5 Å². The highest BCUT2D eigenvalue weighted by Gasteiger charge is 2.46. The highest BCUT2D eigenvalue weighted by molar-refractivity contribution is 8.15. The van der Waals surface area contributed by atoms with Crippen LogP contribution in [0.4, 0.5) is 0 Å². The first-order chi connectivity index (χ1) is 11.4. The van der Waals surface area contributed by atoms with Crippen LogP contribution in [0.15, 0.2) is 40.5 Å². The molecular weight excluding hydrogens is 348 g/mol. The molecule has 2 heterocycles. The van der Waals surface area contributed by atoms with Crippen molar-refractivity contribution in [2.45, 2.75) is 32.1 Å². The number of carbonyl (C=O) groups is 2. The van der Waals surface area contributed by atoms with Crippen LogP contribution in [0.1, 0.15) is 32.4 Å². The fraction of sp³-hybridized carbons (Fsp3) is 0.353. The lowest BCUT2D eigenvalue weighted by Crippen LogP contribution is -2.40. The van der Waals surface area contributed by atoms with E-state index in [2.05, 4.69) is 4.99 Å². The number of aliphatic imine (C=N–C) groups is 1. The Bertz CT molecular complexity index is 775. The van der Waals surface area contributed by atoms with Gasteiger partial charge in [-0.15, -0.1) is 0 Å². The lowest BCUT2D eigenvalue weighted by Gasteiger charge is -2.33. The lowest BCUT2D eigenvalue weighted by atomic mass is 9.94. The molecule has 0 aromatic heterocycles. The first kappa shape index (κ1) is 17.0. The molecule has 5 nitrogen and oxygen atoms in total. The van der Waals surface area contributed by atoms with Crippen molar-refractivity contribution in [3.05, 3.63) is 46.1 Å². The fourth-order valence-electron chi connectivity index (χ4n) is 2.86. The number of halogens is 1. The Morgan fingerprint density at radius 1 is 1.46 bits per heavy atom. The van der Waals surface area contributed by atoms with E-state index in [9.17, 15) is 9.59 Å². The van der Waals surface area contributed by atoms with Gasteiger partial charge in [0.15, 0.2) is 5.17 Å². The number of allylic oxidation sites excluding steroid dienone is 1. The average molecular weight is 365 g/mol. The maximum Gasteiger partial charge on any atom is 0.338 e. The number of thioether (sulfide) groups is 1. The first-order valence-electron chi connectivity index (χ1n) is 7.65. The molecule has 1 amide bonds. The van der Waals surface area contributed by atoms with Gasteiger partial charge in [0, 0.05) is 5.02 Å². The Kier molecular flexibility index (Phi) is 4.69. The van der Waals surface area contributed by atoms with E-state index in [1.807, 2.05) is 13.0 Å². The van der Waals surface area contributed by atoms with Crippen molar-refractivity contribution in [3.8, 4) is 0 Å². The van der Waals surface area contributed by atoms with Gasteiger partial charge in [-0.05, 0) is 38.5 Å². The standard InChI is InChI=1S/C17H17ClN2O3S/c1-4-23-16(22)13-9(2)19-17-20(15(21)10(3)24-17)14(13)11-6-5-7-12(18)8-11/h5-8,10,14H,4H2,1-3H3/t10-,14+/m1/s1. The summed E-state index contributed by atoms with van der Waals surface area (Å²) in [5.41, 5.74) is 1.71. The number of amidine groups is 1. The van der Waals surface area contributed by atoms with Crippen molar-refractivity contribution in [2.75, 3.05) is 6.61 Å². The van der Waals surface area contributed by atoms with Crippen LogP contribution in [0.5, 0.6) is 0 Å². The van der Waals surface area contributed by atoms with Crippen LogP contribution < -0.4 is 0 Å². The molecule has 0 radical (unpaired) electrons. The molecule has 24 heavy (non-hydrogen) atoms. The van der Waals surface area contributed by atoms with E-state index in [1.165, 1.54) is 11.8 Å². The van der Waals surface area contributed by atoms with Crippen molar-refractivity contribution in [1.82, 2.24) is 4.90 Å². The predicted octanol–water partition coefficient (Wildman–Crippen LogP) is 3.55. The van der Waals surface area contributed by atoms with Gasteiger partial charge in [-0.1, -0.05) is 35.5 Å². The Hall–Kier alpha value is -1.79. The third-order valence-electron chi connectivity index (χ3n) is 3.92. The molecule has 0 aliphatic carbocycles. The summed E-state index contributed by atoms with van der Waals surface area (Å²) in [6.07, 6.45) is 0.